The summed E-state index contributed by atoms with van der Waals surface area (Å²) in [5.74, 6) is 1.50. The van der Waals surface area contributed by atoms with E-state index in [1.54, 1.807) is 30.5 Å². The minimum Gasteiger partial charge on any atom is -0.490 e. The molecule has 1 heterocycles. The van der Waals surface area contributed by atoms with Crippen molar-refractivity contribution in [1.82, 2.24) is 9.66 Å². The molecule has 0 fully saturated rings. The quantitative estimate of drug-likeness (QED) is 0.183. The van der Waals surface area contributed by atoms with Gasteiger partial charge in [-0.25, -0.2) is 4.98 Å². The van der Waals surface area contributed by atoms with E-state index in [2.05, 4.69) is 21.0 Å². The van der Waals surface area contributed by atoms with Gasteiger partial charge in [-0.05, 0) is 55.3 Å². The van der Waals surface area contributed by atoms with Crippen molar-refractivity contribution >= 4 is 56.2 Å². The smallest absolute Gasteiger partial charge is 0.282 e. The van der Waals surface area contributed by atoms with Gasteiger partial charge in [-0.1, -0.05) is 71.2 Å². The number of rotatable bonds is 9. The fraction of sp³-hybridized carbons (Fsp3) is 0.250. The van der Waals surface area contributed by atoms with E-state index in [1.165, 1.54) is 4.68 Å². The van der Waals surface area contributed by atoms with Crippen molar-refractivity contribution in [3.05, 3.63) is 96.4 Å². The summed E-state index contributed by atoms with van der Waals surface area (Å²) in [6, 6.07) is 16.4. The summed E-state index contributed by atoms with van der Waals surface area (Å²) in [5.41, 5.74) is 1.88. The van der Waals surface area contributed by atoms with Crippen LogP contribution in [0.5, 0.6) is 11.5 Å². The van der Waals surface area contributed by atoms with Gasteiger partial charge in [0.25, 0.3) is 5.56 Å². The molecular formula is C28H26BrCl2N3O3. The van der Waals surface area contributed by atoms with E-state index in [0.717, 1.165) is 16.5 Å². The van der Waals surface area contributed by atoms with Gasteiger partial charge in [0, 0.05) is 21.0 Å². The van der Waals surface area contributed by atoms with Crippen LogP contribution in [0.15, 0.2) is 69.0 Å². The molecule has 4 rings (SSSR count). The first-order chi connectivity index (χ1) is 17.8. The van der Waals surface area contributed by atoms with Crippen LogP contribution in [-0.2, 0) is 6.61 Å². The lowest BCUT2D eigenvalue weighted by Crippen LogP contribution is -2.23. The second-order valence-electron chi connectivity index (χ2n) is 8.45. The number of aromatic nitrogens is 2. The Kier molecular flexibility index (Phi) is 8.90. The predicted octanol–water partition coefficient (Wildman–Crippen LogP) is 7.84. The molecule has 0 aliphatic carbocycles. The second-order valence-corrected chi connectivity index (χ2v) is 10.2. The molecule has 1 atom stereocenters. The monoisotopic (exact) mass is 601 g/mol. The highest BCUT2D eigenvalue weighted by Crippen LogP contribution is 2.37. The minimum atomic E-state index is -0.242. The van der Waals surface area contributed by atoms with Crippen LogP contribution < -0.4 is 15.0 Å². The Bertz CT molecular complexity index is 1520. The third-order valence-electron chi connectivity index (χ3n) is 5.87. The maximum atomic E-state index is 13.4. The molecule has 9 heteroatoms. The normalized spacial score (nSPS) is 12.3. The zero-order valence-corrected chi connectivity index (χ0v) is 23.8. The van der Waals surface area contributed by atoms with Crippen LogP contribution in [0.4, 0.5) is 0 Å². The zero-order valence-electron chi connectivity index (χ0n) is 20.7. The Morgan fingerprint density at radius 2 is 1.86 bits per heavy atom. The van der Waals surface area contributed by atoms with E-state index in [1.807, 2.05) is 51.1 Å². The molecule has 192 valence electrons. The molecule has 3 aromatic carbocycles. The molecular weight excluding hydrogens is 577 g/mol. The van der Waals surface area contributed by atoms with E-state index < -0.39 is 0 Å². The van der Waals surface area contributed by atoms with Crippen LogP contribution in [0, 0.1) is 0 Å². The number of fused-ring (bicyclic) bond motifs is 1. The van der Waals surface area contributed by atoms with Crippen LogP contribution in [0.2, 0.25) is 10.0 Å². The molecule has 0 aliphatic heterocycles. The van der Waals surface area contributed by atoms with E-state index in [-0.39, 0.29) is 18.1 Å². The van der Waals surface area contributed by atoms with Gasteiger partial charge in [-0.2, -0.15) is 9.78 Å². The molecule has 0 radical (unpaired) electrons. The van der Waals surface area contributed by atoms with E-state index >= 15 is 0 Å². The minimum absolute atomic E-state index is 0.0288. The van der Waals surface area contributed by atoms with Crippen molar-refractivity contribution in [2.75, 3.05) is 6.61 Å². The highest BCUT2D eigenvalue weighted by molar-refractivity contribution is 9.10. The molecule has 0 saturated heterocycles. The van der Waals surface area contributed by atoms with Crippen molar-refractivity contribution in [2.24, 2.45) is 5.10 Å². The summed E-state index contributed by atoms with van der Waals surface area (Å²) < 4.78 is 14.0. The number of ether oxygens (including phenoxy) is 2. The molecule has 6 nitrogen and oxygen atoms in total. The van der Waals surface area contributed by atoms with Gasteiger partial charge in [0.2, 0.25) is 0 Å². The number of benzene rings is 3. The van der Waals surface area contributed by atoms with Gasteiger partial charge in [0.05, 0.1) is 28.7 Å². The highest BCUT2D eigenvalue weighted by Gasteiger charge is 2.17. The molecule has 0 aliphatic rings. The molecule has 1 aromatic heterocycles. The summed E-state index contributed by atoms with van der Waals surface area (Å²) in [4.78, 5) is 18.1. The number of halogens is 3. The van der Waals surface area contributed by atoms with Crippen molar-refractivity contribution < 1.29 is 9.47 Å². The number of hydrogen-bond donors (Lipinski definition) is 0. The lowest BCUT2D eigenvalue weighted by Gasteiger charge is -2.15. The van der Waals surface area contributed by atoms with E-state index in [0.29, 0.717) is 50.4 Å². The summed E-state index contributed by atoms with van der Waals surface area (Å²) in [5, 5.41) is 5.98. The largest absolute Gasteiger partial charge is 0.490 e. The Balaban J connectivity index is 1.72. The average Bonchev–Trinajstić information content (AvgIpc) is 2.88. The molecule has 0 saturated carbocycles. The predicted molar refractivity (Wildman–Crippen MR) is 154 cm³/mol. The fourth-order valence-electron chi connectivity index (χ4n) is 3.73. The van der Waals surface area contributed by atoms with Crippen molar-refractivity contribution in [3.8, 4) is 11.5 Å². The average molecular weight is 603 g/mol. The lowest BCUT2D eigenvalue weighted by molar-refractivity contribution is 0.269. The van der Waals surface area contributed by atoms with Crippen LogP contribution in [0.1, 0.15) is 50.1 Å². The highest BCUT2D eigenvalue weighted by atomic mass is 79.9. The zero-order chi connectivity index (χ0) is 26.5. The summed E-state index contributed by atoms with van der Waals surface area (Å²) in [7, 11) is 0. The van der Waals surface area contributed by atoms with Crippen LogP contribution in [0.3, 0.4) is 0 Å². The SMILES string of the molecule is CCOc1cc(C=Nn2c([C@H](C)CC)nc3ccc(Br)cc3c2=O)cc(Cl)c1OCc1ccccc1Cl. The molecule has 0 bridgehead atoms. The van der Waals surface area contributed by atoms with Crippen LogP contribution in [0.25, 0.3) is 10.9 Å². The molecule has 0 amide bonds. The van der Waals surface area contributed by atoms with Crippen molar-refractivity contribution in [2.45, 2.75) is 39.7 Å². The maximum absolute atomic E-state index is 13.4. The third kappa shape index (κ3) is 6.17. The fourth-order valence-corrected chi connectivity index (χ4v) is 4.56. The molecule has 0 unspecified atom stereocenters. The Labute approximate surface area is 234 Å². The van der Waals surface area contributed by atoms with E-state index in [4.69, 9.17) is 37.7 Å². The molecule has 0 N–H and O–H groups in total. The maximum Gasteiger partial charge on any atom is 0.282 e. The van der Waals surface area contributed by atoms with Gasteiger partial charge >= 0.3 is 0 Å². The second kappa shape index (κ2) is 12.1. The first-order valence-electron chi connectivity index (χ1n) is 11.9. The van der Waals surface area contributed by atoms with Gasteiger partial charge in [-0.15, -0.1) is 0 Å². The summed E-state index contributed by atoms with van der Waals surface area (Å²) in [6.07, 6.45) is 2.38. The standard InChI is InChI=1S/C28H26BrCl2N3O3/c1-4-17(3)27-33-24-11-10-20(29)14-21(24)28(35)34(27)32-15-18-12-23(31)26(25(13-18)36-5-2)37-16-19-8-6-7-9-22(19)30/h6-15,17H,4-5,16H2,1-3H3/t17-/m1/s1. The molecule has 37 heavy (non-hydrogen) atoms. The summed E-state index contributed by atoms with van der Waals surface area (Å²) in [6.45, 7) is 6.60. The number of hydrogen-bond acceptors (Lipinski definition) is 5. The van der Waals surface area contributed by atoms with Crippen LogP contribution in [-0.4, -0.2) is 22.5 Å². The van der Waals surface area contributed by atoms with Crippen LogP contribution >= 0.6 is 39.1 Å². The third-order valence-corrected chi connectivity index (χ3v) is 7.01. The molecule has 4 aromatic rings. The summed E-state index contributed by atoms with van der Waals surface area (Å²) >= 11 is 16.3. The van der Waals surface area contributed by atoms with Crippen molar-refractivity contribution in [1.29, 1.82) is 0 Å². The topological polar surface area (TPSA) is 65.7 Å². The van der Waals surface area contributed by atoms with Crippen molar-refractivity contribution in [3.63, 3.8) is 0 Å². The Hall–Kier alpha value is -2.87. The number of nitrogens with zero attached hydrogens (tertiary/aromatic N) is 3. The van der Waals surface area contributed by atoms with Gasteiger partial charge < -0.3 is 9.47 Å². The first kappa shape index (κ1) is 27.2. The van der Waals surface area contributed by atoms with Gasteiger partial charge in [-0.3, -0.25) is 4.79 Å². The first-order valence-corrected chi connectivity index (χ1v) is 13.5. The van der Waals surface area contributed by atoms with Gasteiger partial charge in [0.15, 0.2) is 11.5 Å². The molecule has 0 spiro atoms. The lowest BCUT2D eigenvalue weighted by atomic mass is 10.1. The Morgan fingerprint density at radius 3 is 2.59 bits per heavy atom. The van der Waals surface area contributed by atoms with E-state index in [9.17, 15) is 4.79 Å². The Morgan fingerprint density at radius 1 is 1.08 bits per heavy atom. The van der Waals surface area contributed by atoms with Gasteiger partial charge in [0.1, 0.15) is 12.4 Å².